The van der Waals surface area contributed by atoms with Crippen molar-refractivity contribution in [3.8, 4) is 0 Å². The Hall–Kier alpha value is -0.690. The van der Waals surface area contributed by atoms with Gasteiger partial charge >= 0.3 is 0 Å². The van der Waals surface area contributed by atoms with E-state index in [1.165, 1.54) is 32.1 Å². The van der Waals surface area contributed by atoms with Gasteiger partial charge in [-0.25, -0.2) is 0 Å². The molecular weight excluding hydrogens is 260 g/mol. The van der Waals surface area contributed by atoms with E-state index in [0.29, 0.717) is 6.61 Å². The van der Waals surface area contributed by atoms with Crippen molar-refractivity contribution in [3.05, 3.63) is 0 Å². The van der Waals surface area contributed by atoms with Gasteiger partial charge in [0.25, 0.3) is 0 Å². The molecule has 0 fully saturated rings. The average molecular weight is 290 g/mol. The Morgan fingerprint density at radius 3 is 2.45 bits per heavy atom. The normalized spacial score (nSPS) is 14.2. The first-order valence-corrected chi connectivity index (χ1v) is 7.51. The minimum absolute atomic E-state index is 0.0455. The van der Waals surface area contributed by atoms with Gasteiger partial charge in [0.05, 0.1) is 12.7 Å². The number of primary amides is 1. The van der Waals surface area contributed by atoms with Crippen molar-refractivity contribution in [3.63, 3.8) is 0 Å². The molecule has 0 aliphatic rings. The van der Waals surface area contributed by atoms with Crippen molar-refractivity contribution >= 4 is 5.91 Å². The van der Waals surface area contributed by atoms with E-state index >= 15 is 0 Å². The molecule has 1 amide bonds. The number of hydrogen-bond acceptors (Lipinski definition) is 5. The van der Waals surface area contributed by atoms with E-state index in [2.05, 4.69) is 12.2 Å². The number of aliphatic hydroxyl groups is 2. The molecule has 5 N–H and O–H groups in total. The zero-order chi connectivity index (χ0) is 15.2. The number of nitrogens with one attached hydrogen (secondary N) is 1. The molecule has 6 nitrogen and oxygen atoms in total. The van der Waals surface area contributed by atoms with Crippen LogP contribution >= 0.6 is 0 Å². The van der Waals surface area contributed by atoms with Crippen molar-refractivity contribution in [2.45, 2.75) is 57.7 Å². The van der Waals surface area contributed by atoms with E-state index in [9.17, 15) is 9.90 Å². The van der Waals surface area contributed by atoms with Crippen LogP contribution in [0.5, 0.6) is 0 Å². The maximum atomic E-state index is 10.6. The third kappa shape index (κ3) is 12.3. The first-order chi connectivity index (χ1) is 9.57. The highest BCUT2D eigenvalue weighted by molar-refractivity contribution is 5.78. The molecule has 0 aliphatic heterocycles. The fourth-order valence-corrected chi connectivity index (χ4v) is 1.75. The second-order valence-electron chi connectivity index (χ2n) is 5.07. The highest BCUT2D eigenvalue weighted by Crippen LogP contribution is 2.04. The molecule has 0 aliphatic carbocycles. The fourth-order valence-electron chi connectivity index (χ4n) is 1.75. The number of unbranched alkanes of at least 4 members (excludes halogenated alkanes) is 5. The van der Waals surface area contributed by atoms with Crippen LogP contribution in [0.15, 0.2) is 0 Å². The summed E-state index contributed by atoms with van der Waals surface area (Å²) in [4.78, 5) is 10.6. The number of aliphatic hydroxyl groups excluding tert-OH is 2. The minimum atomic E-state index is -1.22. The molecular formula is C14H30N2O4. The molecule has 20 heavy (non-hydrogen) atoms. The zero-order valence-corrected chi connectivity index (χ0v) is 12.5. The summed E-state index contributed by atoms with van der Waals surface area (Å²) in [6.07, 6.45) is 5.39. The topological polar surface area (TPSA) is 105 Å². The van der Waals surface area contributed by atoms with E-state index in [-0.39, 0.29) is 19.7 Å². The Morgan fingerprint density at radius 1 is 1.15 bits per heavy atom. The van der Waals surface area contributed by atoms with Crippen LogP contribution in [-0.4, -0.2) is 54.6 Å². The summed E-state index contributed by atoms with van der Waals surface area (Å²) in [6.45, 7) is 3.42. The molecule has 0 rings (SSSR count). The molecule has 0 heterocycles. The fraction of sp³-hybridized carbons (Fsp3) is 0.929. The Balaban J connectivity index is 3.28. The maximum Gasteiger partial charge on any atom is 0.247 e. The first kappa shape index (κ1) is 19.3. The molecule has 0 spiro atoms. The minimum Gasteiger partial charge on any atom is -0.389 e. The predicted octanol–water partition coefficient (Wildman–Crippen LogP) is 0.160. The van der Waals surface area contributed by atoms with Gasteiger partial charge in [-0.05, 0) is 6.42 Å². The van der Waals surface area contributed by atoms with E-state index < -0.39 is 18.1 Å². The monoisotopic (exact) mass is 290 g/mol. The molecule has 6 heteroatoms. The standard InChI is InChI=1S/C14H30N2O4/c1-2-3-4-5-6-7-8-20-11-12(17)9-16-10-13(18)14(15)19/h12-13,16-18H,2-11H2,1H3,(H2,15,19). The van der Waals surface area contributed by atoms with Crippen molar-refractivity contribution in [1.82, 2.24) is 5.32 Å². The highest BCUT2D eigenvalue weighted by atomic mass is 16.5. The number of ether oxygens (including phenoxy) is 1. The molecule has 0 saturated heterocycles. The van der Waals surface area contributed by atoms with Crippen LogP contribution in [0.3, 0.4) is 0 Å². The van der Waals surface area contributed by atoms with E-state index in [1.54, 1.807) is 0 Å². The number of carbonyl (C=O) groups excluding carboxylic acids is 1. The lowest BCUT2D eigenvalue weighted by Crippen LogP contribution is -2.41. The van der Waals surface area contributed by atoms with Gasteiger partial charge in [-0.3, -0.25) is 4.79 Å². The molecule has 0 aromatic rings. The van der Waals surface area contributed by atoms with Crippen LogP contribution in [0.4, 0.5) is 0 Å². The average Bonchev–Trinajstić information content (AvgIpc) is 2.41. The van der Waals surface area contributed by atoms with Crippen LogP contribution in [0.25, 0.3) is 0 Å². The third-order valence-electron chi connectivity index (χ3n) is 3.00. The summed E-state index contributed by atoms with van der Waals surface area (Å²) in [7, 11) is 0. The Bertz CT molecular complexity index is 239. The third-order valence-corrected chi connectivity index (χ3v) is 3.00. The lowest BCUT2D eigenvalue weighted by molar-refractivity contribution is -0.125. The van der Waals surface area contributed by atoms with Crippen LogP contribution in [0, 0.1) is 0 Å². The van der Waals surface area contributed by atoms with Gasteiger partial charge in [0.1, 0.15) is 6.10 Å². The number of rotatable bonds is 14. The summed E-state index contributed by atoms with van der Waals surface area (Å²) in [6, 6.07) is 0. The first-order valence-electron chi connectivity index (χ1n) is 7.51. The molecule has 0 saturated carbocycles. The second kappa shape index (κ2) is 13.3. The van der Waals surface area contributed by atoms with Gasteiger partial charge in [-0.1, -0.05) is 39.0 Å². The molecule has 2 atom stereocenters. The maximum absolute atomic E-state index is 10.6. The molecule has 2 unspecified atom stereocenters. The SMILES string of the molecule is CCCCCCCCOCC(O)CNCC(O)C(N)=O. The zero-order valence-electron chi connectivity index (χ0n) is 12.5. The Morgan fingerprint density at radius 2 is 1.80 bits per heavy atom. The van der Waals surface area contributed by atoms with Crippen LogP contribution in [-0.2, 0) is 9.53 Å². The summed E-state index contributed by atoms with van der Waals surface area (Å²) in [5.41, 5.74) is 4.89. The Kier molecular flexibility index (Phi) is 12.8. The second-order valence-corrected chi connectivity index (χ2v) is 5.07. The smallest absolute Gasteiger partial charge is 0.247 e. The highest BCUT2D eigenvalue weighted by Gasteiger charge is 2.11. The van der Waals surface area contributed by atoms with Gasteiger partial charge in [0.2, 0.25) is 5.91 Å². The lowest BCUT2D eigenvalue weighted by Gasteiger charge is -2.13. The van der Waals surface area contributed by atoms with Crippen LogP contribution in [0.1, 0.15) is 45.4 Å². The van der Waals surface area contributed by atoms with Crippen LogP contribution < -0.4 is 11.1 Å². The molecule has 0 bridgehead atoms. The summed E-state index contributed by atoms with van der Waals surface area (Å²) >= 11 is 0. The summed E-state index contributed by atoms with van der Waals surface area (Å²) in [5, 5.41) is 21.5. The van der Waals surface area contributed by atoms with Gasteiger partial charge in [0.15, 0.2) is 0 Å². The predicted molar refractivity (Wildman–Crippen MR) is 78.3 cm³/mol. The Labute approximate surface area is 121 Å². The number of hydrogen-bond donors (Lipinski definition) is 4. The van der Waals surface area contributed by atoms with E-state index in [4.69, 9.17) is 15.6 Å². The van der Waals surface area contributed by atoms with Crippen LogP contribution in [0.2, 0.25) is 0 Å². The molecule has 120 valence electrons. The summed E-state index contributed by atoms with van der Waals surface area (Å²) < 4.78 is 5.36. The van der Waals surface area contributed by atoms with Gasteiger partial charge in [-0.2, -0.15) is 0 Å². The van der Waals surface area contributed by atoms with Crippen molar-refractivity contribution in [2.24, 2.45) is 5.73 Å². The van der Waals surface area contributed by atoms with Gasteiger partial charge in [-0.15, -0.1) is 0 Å². The van der Waals surface area contributed by atoms with Crippen molar-refractivity contribution in [2.75, 3.05) is 26.3 Å². The molecule has 0 aromatic heterocycles. The molecule has 0 aromatic carbocycles. The lowest BCUT2D eigenvalue weighted by atomic mass is 10.1. The van der Waals surface area contributed by atoms with E-state index in [1.807, 2.05) is 0 Å². The quantitative estimate of drug-likeness (QED) is 0.341. The van der Waals surface area contributed by atoms with Crippen molar-refractivity contribution < 1.29 is 19.7 Å². The largest absolute Gasteiger partial charge is 0.389 e. The molecule has 0 radical (unpaired) electrons. The summed E-state index contributed by atoms with van der Waals surface area (Å²) in [5.74, 6) is -0.772. The van der Waals surface area contributed by atoms with Gasteiger partial charge < -0.3 is 26.0 Å². The number of amides is 1. The number of carbonyl (C=O) groups is 1. The van der Waals surface area contributed by atoms with E-state index in [0.717, 1.165) is 6.42 Å². The van der Waals surface area contributed by atoms with Gasteiger partial charge in [0, 0.05) is 19.7 Å². The number of nitrogens with two attached hydrogens (primary N) is 1. The van der Waals surface area contributed by atoms with Crippen molar-refractivity contribution in [1.29, 1.82) is 0 Å².